The number of nitriles is 1. The summed E-state index contributed by atoms with van der Waals surface area (Å²) in [4.78, 5) is 24.3. The number of carbonyl (C=O) groups excluding carboxylic acids is 1. The smallest absolute Gasteiger partial charge is 0.329 e. The van der Waals surface area contributed by atoms with Crippen LogP contribution in [-0.4, -0.2) is 35.6 Å². The minimum Gasteiger partial charge on any atom is -0.464 e. The van der Waals surface area contributed by atoms with E-state index in [0.29, 0.717) is 29.6 Å². The van der Waals surface area contributed by atoms with Crippen molar-refractivity contribution in [2.24, 2.45) is 11.8 Å². The van der Waals surface area contributed by atoms with Gasteiger partial charge in [-0.05, 0) is 36.8 Å². The zero-order valence-electron chi connectivity index (χ0n) is 16.9. The predicted octanol–water partition coefficient (Wildman–Crippen LogP) is 4.06. The van der Waals surface area contributed by atoms with Crippen molar-refractivity contribution in [3.8, 4) is 6.07 Å². The molecule has 2 atom stereocenters. The van der Waals surface area contributed by atoms with Crippen molar-refractivity contribution in [3.05, 3.63) is 30.0 Å². The topological polar surface area (TPSA) is 79.1 Å². The highest BCUT2D eigenvalue weighted by Crippen LogP contribution is 2.30. The third-order valence-corrected chi connectivity index (χ3v) is 5.51. The Kier molecular flexibility index (Phi) is 6.45. The second kappa shape index (κ2) is 9.01. The monoisotopic (exact) mass is 380 g/mol. The van der Waals surface area contributed by atoms with Gasteiger partial charge >= 0.3 is 5.97 Å². The van der Waals surface area contributed by atoms with E-state index in [4.69, 9.17) is 9.72 Å². The van der Waals surface area contributed by atoms with Gasteiger partial charge in [0.05, 0.1) is 23.7 Å². The van der Waals surface area contributed by atoms with Crippen LogP contribution in [0.4, 0.5) is 5.82 Å². The summed E-state index contributed by atoms with van der Waals surface area (Å²) < 4.78 is 5.43. The number of benzene rings is 1. The van der Waals surface area contributed by atoms with Crippen molar-refractivity contribution in [2.75, 3.05) is 24.6 Å². The Morgan fingerprint density at radius 1 is 1.29 bits per heavy atom. The highest BCUT2D eigenvalue weighted by molar-refractivity contribution is 5.85. The van der Waals surface area contributed by atoms with Crippen LogP contribution < -0.4 is 4.90 Å². The Morgan fingerprint density at radius 3 is 2.54 bits per heavy atom. The van der Waals surface area contributed by atoms with E-state index in [9.17, 15) is 10.1 Å². The van der Waals surface area contributed by atoms with Gasteiger partial charge in [0.25, 0.3) is 0 Å². The van der Waals surface area contributed by atoms with Crippen LogP contribution in [0, 0.1) is 23.2 Å². The first-order valence-electron chi connectivity index (χ1n) is 10.1. The lowest BCUT2D eigenvalue weighted by atomic mass is 9.98. The Labute approximate surface area is 166 Å². The van der Waals surface area contributed by atoms with Gasteiger partial charge in [-0.3, -0.25) is 4.79 Å². The highest BCUT2D eigenvalue weighted by Gasteiger charge is 2.31. The number of hydrogen-bond donors (Lipinski definition) is 0. The molecule has 2 unspecified atom stereocenters. The van der Waals surface area contributed by atoms with Gasteiger partial charge < -0.3 is 9.64 Å². The molecule has 3 rings (SSSR count). The molecule has 0 saturated carbocycles. The lowest BCUT2D eigenvalue weighted by molar-refractivity contribution is -0.145. The zero-order valence-corrected chi connectivity index (χ0v) is 16.9. The number of aromatic nitrogens is 2. The summed E-state index contributed by atoms with van der Waals surface area (Å²) in [7, 11) is 0. The molecule has 0 spiro atoms. The molecule has 28 heavy (non-hydrogen) atoms. The van der Waals surface area contributed by atoms with Gasteiger partial charge in [0, 0.05) is 13.1 Å². The fraction of sp³-hybridized carbons (Fsp3) is 0.545. The van der Waals surface area contributed by atoms with Crippen molar-refractivity contribution in [3.63, 3.8) is 0 Å². The van der Waals surface area contributed by atoms with Crippen molar-refractivity contribution in [1.29, 1.82) is 5.26 Å². The van der Waals surface area contributed by atoms with E-state index >= 15 is 0 Å². The van der Waals surface area contributed by atoms with E-state index in [0.717, 1.165) is 37.9 Å². The van der Waals surface area contributed by atoms with Gasteiger partial charge in [-0.15, -0.1) is 0 Å². The van der Waals surface area contributed by atoms with E-state index in [1.54, 1.807) is 0 Å². The first-order chi connectivity index (χ1) is 13.5. The Morgan fingerprint density at radius 2 is 1.93 bits per heavy atom. The number of hydrogen-bond acceptors (Lipinski definition) is 6. The third kappa shape index (κ3) is 4.41. The molecule has 1 aromatic carbocycles. The second-order valence-corrected chi connectivity index (χ2v) is 7.80. The summed E-state index contributed by atoms with van der Waals surface area (Å²) in [6, 6.07) is 9.67. The van der Waals surface area contributed by atoms with E-state index in [1.807, 2.05) is 38.1 Å². The Balaban J connectivity index is 1.97. The van der Waals surface area contributed by atoms with Gasteiger partial charge in [0.15, 0.2) is 11.7 Å². The standard InChI is InChI=1S/C22H28N4O2/c1-4-15(2)14-28-22(27)17(13-23)20-21(26-11-9-16(3)10-12-26)25-19-8-6-5-7-18(19)24-20/h5-8,15-17H,4,9-12,14H2,1-3H3. The van der Waals surface area contributed by atoms with Crippen molar-refractivity contribution in [1.82, 2.24) is 9.97 Å². The number of carbonyl (C=O) groups is 1. The molecular formula is C22H28N4O2. The number of anilines is 1. The molecule has 0 N–H and O–H groups in total. The van der Waals surface area contributed by atoms with Crippen LogP contribution in [0.1, 0.15) is 51.6 Å². The molecule has 1 aliphatic heterocycles. The summed E-state index contributed by atoms with van der Waals surface area (Å²) in [6.45, 7) is 8.32. The number of rotatable bonds is 6. The maximum Gasteiger partial charge on any atom is 0.329 e. The van der Waals surface area contributed by atoms with Crippen molar-refractivity contribution < 1.29 is 9.53 Å². The van der Waals surface area contributed by atoms with Crippen molar-refractivity contribution >= 4 is 22.8 Å². The van der Waals surface area contributed by atoms with Crippen LogP contribution in [-0.2, 0) is 9.53 Å². The van der Waals surface area contributed by atoms with Crippen LogP contribution in [0.5, 0.6) is 0 Å². The van der Waals surface area contributed by atoms with Gasteiger partial charge in [-0.2, -0.15) is 5.26 Å². The summed E-state index contributed by atoms with van der Waals surface area (Å²) in [6.07, 6.45) is 3.03. The van der Waals surface area contributed by atoms with E-state index < -0.39 is 11.9 Å². The molecule has 1 aliphatic rings. The molecule has 0 radical (unpaired) electrons. The SMILES string of the molecule is CCC(C)COC(=O)C(C#N)c1nc2ccccc2nc1N1CCC(C)CC1. The third-order valence-electron chi connectivity index (χ3n) is 5.51. The minimum atomic E-state index is -1.07. The molecule has 1 fully saturated rings. The van der Waals surface area contributed by atoms with Gasteiger partial charge in [-0.1, -0.05) is 39.3 Å². The van der Waals surface area contributed by atoms with Gasteiger partial charge in [0.1, 0.15) is 5.69 Å². The molecule has 6 heteroatoms. The molecule has 0 amide bonds. The fourth-order valence-corrected chi connectivity index (χ4v) is 3.30. The molecule has 1 aromatic heterocycles. The molecule has 0 bridgehead atoms. The number of nitrogens with zero attached hydrogens (tertiary/aromatic N) is 4. The average Bonchev–Trinajstić information content (AvgIpc) is 2.72. The first-order valence-corrected chi connectivity index (χ1v) is 10.1. The predicted molar refractivity (Wildman–Crippen MR) is 109 cm³/mol. The number of para-hydroxylation sites is 2. The summed E-state index contributed by atoms with van der Waals surface area (Å²) in [5.74, 6) is -0.0541. The Bertz CT molecular complexity index is 868. The van der Waals surface area contributed by atoms with Crippen LogP contribution in [0.15, 0.2) is 24.3 Å². The van der Waals surface area contributed by atoms with Crippen molar-refractivity contribution in [2.45, 2.75) is 46.0 Å². The van der Waals surface area contributed by atoms with Gasteiger partial charge in [0.2, 0.25) is 0 Å². The highest BCUT2D eigenvalue weighted by atomic mass is 16.5. The van der Waals surface area contributed by atoms with Crippen LogP contribution in [0.3, 0.4) is 0 Å². The van der Waals surface area contributed by atoms with Crippen LogP contribution >= 0.6 is 0 Å². The molecule has 2 heterocycles. The number of esters is 1. The van der Waals surface area contributed by atoms with E-state index in [2.05, 4.69) is 22.9 Å². The maximum atomic E-state index is 12.7. The lowest BCUT2D eigenvalue weighted by Gasteiger charge is -2.32. The molecule has 1 saturated heterocycles. The Hall–Kier alpha value is -2.68. The van der Waals surface area contributed by atoms with Crippen LogP contribution in [0.2, 0.25) is 0 Å². The quantitative estimate of drug-likeness (QED) is 0.703. The number of ether oxygens (including phenoxy) is 1. The lowest BCUT2D eigenvalue weighted by Crippen LogP contribution is -2.35. The minimum absolute atomic E-state index is 0.258. The number of piperidine rings is 1. The number of fused-ring (bicyclic) bond motifs is 1. The summed E-state index contributed by atoms with van der Waals surface area (Å²) >= 11 is 0. The molecule has 6 nitrogen and oxygen atoms in total. The largest absolute Gasteiger partial charge is 0.464 e. The molecule has 0 aliphatic carbocycles. The fourth-order valence-electron chi connectivity index (χ4n) is 3.30. The molecule has 148 valence electrons. The van der Waals surface area contributed by atoms with Crippen LogP contribution in [0.25, 0.3) is 11.0 Å². The zero-order chi connectivity index (χ0) is 20.1. The molecular weight excluding hydrogens is 352 g/mol. The first kappa shape index (κ1) is 20.1. The second-order valence-electron chi connectivity index (χ2n) is 7.80. The van der Waals surface area contributed by atoms with E-state index in [-0.39, 0.29) is 5.92 Å². The average molecular weight is 380 g/mol. The normalized spacial score (nSPS) is 17.1. The van der Waals surface area contributed by atoms with Gasteiger partial charge in [-0.25, -0.2) is 9.97 Å². The molecule has 2 aromatic rings. The van der Waals surface area contributed by atoms with E-state index in [1.165, 1.54) is 0 Å². The maximum absolute atomic E-state index is 12.7. The summed E-state index contributed by atoms with van der Waals surface area (Å²) in [5.41, 5.74) is 1.86. The summed E-state index contributed by atoms with van der Waals surface area (Å²) in [5, 5.41) is 9.77.